The quantitative estimate of drug-likeness (QED) is 0.744. The Balaban J connectivity index is 1.89. The van der Waals surface area contributed by atoms with Crippen molar-refractivity contribution in [3.63, 3.8) is 0 Å². The van der Waals surface area contributed by atoms with Gasteiger partial charge in [0.15, 0.2) is 0 Å². The van der Waals surface area contributed by atoms with Crippen molar-refractivity contribution in [2.75, 3.05) is 33.4 Å². The van der Waals surface area contributed by atoms with Crippen LogP contribution in [0.1, 0.15) is 18.4 Å². The summed E-state index contributed by atoms with van der Waals surface area (Å²) in [6.07, 6.45) is 0. The number of hydrogen-bond donors (Lipinski definition) is 0. The molecule has 0 saturated heterocycles. The highest BCUT2D eigenvalue weighted by Crippen LogP contribution is 2.33. The third-order valence-electron chi connectivity index (χ3n) is 3.04. The van der Waals surface area contributed by atoms with Crippen LogP contribution in [0.4, 0.5) is 0 Å². The molecule has 0 amide bonds. The van der Waals surface area contributed by atoms with Crippen LogP contribution in [-0.4, -0.2) is 44.2 Å². The lowest BCUT2D eigenvalue weighted by molar-refractivity contribution is -0.144. The van der Waals surface area contributed by atoms with Gasteiger partial charge >= 0.3 is 5.97 Å². The molecule has 98 valence electrons. The van der Waals surface area contributed by atoms with Gasteiger partial charge in [0.05, 0.1) is 19.8 Å². The Morgan fingerprint density at radius 1 is 1.50 bits per heavy atom. The molecule has 0 spiro atoms. The molecule has 0 aromatic heterocycles. The number of likely N-dealkylation sites (N-methyl/N-ethyl adjacent to an activating group) is 1. The van der Waals surface area contributed by atoms with Crippen molar-refractivity contribution in [1.29, 1.82) is 0 Å². The van der Waals surface area contributed by atoms with Crippen LogP contribution in [0.5, 0.6) is 5.75 Å². The van der Waals surface area contributed by atoms with Crippen molar-refractivity contribution in [3.8, 4) is 5.75 Å². The SMILES string of the molecule is CCOC(=O)CN(C)CC1COc2ccccc21. The van der Waals surface area contributed by atoms with Crippen LogP contribution >= 0.6 is 0 Å². The van der Waals surface area contributed by atoms with Gasteiger partial charge in [-0.3, -0.25) is 9.69 Å². The highest BCUT2D eigenvalue weighted by atomic mass is 16.5. The summed E-state index contributed by atoms with van der Waals surface area (Å²) in [6, 6.07) is 8.07. The minimum absolute atomic E-state index is 0.174. The van der Waals surface area contributed by atoms with E-state index in [0.29, 0.717) is 25.7 Å². The van der Waals surface area contributed by atoms with Gasteiger partial charge in [-0.25, -0.2) is 0 Å². The van der Waals surface area contributed by atoms with Crippen LogP contribution in [0.2, 0.25) is 0 Å². The largest absolute Gasteiger partial charge is 0.493 e. The van der Waals surface area contributed by atoms with Gasteiger partial charge in [0, 0.05) is 18.0 Å². The van der Waals surface area contributed by atoms with Crippen LogP contribution < -0.4 is 4.74 Å². The zero-order valence-corrected chi connectivity index (χ0v) is 10.9. The standard InChI is InChI=1S/C14H19NO3/c1-3-17-14(16)9-15(2)8-11-10-18-13-7-5-4-6-12(11)13/h4-7,11H,3,8-10H2,1-2H3. The molecule has 1 atom stereocenters. The lowest BCUT2D eigenvalue weighted by Crippen LogP contribution is -2.31. The second kappa shape index (κ2) is 5.87. The topological polar surface area (TPSA) is 38.8 Å². The van der Waals surface area contributed by atoms with E-state index < -0.39 is 0 Å². The van der Waals surface area contributed by atoms with Crippen LogP contribution in [-0.2, 0) is 9.53 Å². The van der Waals surface area contributed by atoms with Crippen molar-refractivity contribution >= 4 is 5.97 Å². The summed E-state index contributed by atoms with van der Waals surface area (Å²) in [4.78, 5) is 13.4. The molecule has 1 aliphatic heterocycles. The van der Waals surface area contributed by atoms with E-state index in [0.717, 1.165) is 12.3 Å². The molecule has 0 aliphatic carbocycles. The van der Waals surface area contributed by atoms with E-state index in [1.165, 1.54) is 5.56 Å². The van der Waals surface area contributed by atoms with Crippen LogP contribution in [0.15, 0.2) is 24.3 Å². The Morgan fingerprint density at radius 3 is 3.06 bits per heavy atom. The van der Waals surface area contributed by atoms with Gasteiger partial charge in [-0.2, -0.15) is 0 Å². The average Bonchev–Trinajstić information content (AvgIpc) is 2.73. The zero-order valence-electron chi connectivity index (χ0n) is 10.9. The van der Waals surface area contributed by atoms with Crippen LogP contribution in [0.25, 0.3) is 0 Å². The summed E-state index contributed by atoms with van der Waals surface area (Å²) in [7, 11) is 1.93. The predicted octanol–water partition coefficient (Wildman–Crippen LogP) is 1.66. The molecular weight excluding hydrogens is 230 g/mol. The molecule has 1 heterocycles. The number of carbonyl (C=O) groups is 1. The maximum atomic E-state index is 11.4. The summed E-state index contributed by atoms with van der Waals surface area (Å²) < 4.78 is 10.6. The van der Waals surface area contributed by atoms with Crippen molar-refractivity contribution in [1.82, 2.24) is 4.90 Å². The number of benzene rings is 1. The van der Waals surface area contributed by atoms with Crippen molar-refractivity contribution < 1.29 is 14.3 Å². The first-order valence-electron chi connectivity index (χ1n) is 6.26. The van der Waals surface area contributed by atoms with Crippen LogP contribution in [0, 0.1) is 0 Å². The summed E-state index contributed by atoms with van der Waals surface area (Å²) in [5.74, 6) is 1.12. The fourth-order valence-electron chi connectivity index (χ4n) is 2.25. The maximum absolute atomic E-state index is 11.4. The van der Waals surface area contributed by atoms with Gasteiger partial charge in [-0.15, -0.1) is 0 Å². The Hall–Kier alpha value is -1.55. The zero-order chi connectivity index (χ0) is 13.0. The molecule has 0 fully saturated rings. The molecular formula is C14H19NO3. The third-order valence-corrected chi connectivity index (χ3v) is 3.04. The van der Waals surface area contributed by atoms with E-state index in [-0.39, 0.29) is 5.97 Å². The second-order valence-electron chi connectivity index (χ2n) is 4.55. The molecule has 4 heteroatoms. The van der Waals surface area contributed by atoms with Gasteiger partial charge in [0.1, 0.15) is 5.75 Å². The minimum Gasteiger partial charge on any atom is -0.493 e. The Bertz CT molecular complexity index is 419. The summed E-state index contributed by atoms with van der Waals surface area (Å²) in [5, 5.41) is 0. The van der Waals surface area contributed by atoms with E-state index >= 15 is 0 Å². The van der Waals surface area contributed by atoms with Gasteiger partial charge in [0.2, 0.25) is 0 Å². The molecule has 1 aromatic carbocycles. The first-order chi connectivity index (χ1) is 8.70. The second-order valence-corrected chi connectivity index (χ2v) is 4.55. The molecule has 4 nitrogen and oxygen atoms in total. The molecule has 18 heavy (non-hydrogen) atoms. The van der Waals surface area contributed by atoms with Crippen molar-refractivity contribution in [3.05, 3.63) is 29.8 Å². The molecule has 1 unspecified atom stereocenters. The van der Waals surface area contributed by atoms with Crippen LogP contribution in [0.3, 0.4) is 0 Å². The van der Waals surface area contributed by atoms with Gasteiger partial charge in [-0.1, -0.05) is 18.2 Å². The fourth-order valence-corrected chi connectivity index (χ4v) is 2.25. The first-order valence-corrected chi connectivity index (χ1v) is 6.26. The number of esters is 1. The monoisotopic (exact) mass is 249 g/mol. The summed E-state index contributed by atoms with van der Waals surface area (Å²) in [6.45, 7) is 4.07. The lowest BCUT2D eigenvalue weighted by Gasteiger charge is -2.19. The molecule has 1 aromatic rings. The average molecular weight is 249 g/mol. The Morgan fingerprint density at radius 2 is 2.28 bits per heavy atom. The number of fused-ring (bicyclic) bond motifs is 1. The minimum atomic E-state index is -0.174. The number of hydrogen-bond acceptors (Lipinski definition) is 4. The summed E-state index contributed by atoms with van der Waals surface area (Å²) in [5.41, 5.74) is 1.23. The first kappa shape index (κ1) is 12.9. The molecule has 2 rings (SSSR count). The van der Waals surface area contributed by atoms with E-state index in [1.807, 2.05) is 37.1 Å². The highest BCUT2D eigenvalue weighted by Gasteiger charge is 2.25. The van der Waals surface area contributed by atoms with Gasteiger partial charge in [0.25, 0.3) is 0 Å². The number of para-hydroxylation sites is 1. The molecule has 0 N–H and O–H groups in total. The van der Waals surface area contributed by atoms with Crippen molar-refractivity contribution in [2.45, 2.75) is 12.8 Å². The maximum Gasteiger partial charge on any atom is 0.320 e. The fraction of sp³-hybridized carbons (Fsp3) is 0.500. The predicted molar refractivity (Wildman–Crippen MR) is 68.8 cm³/mol. The lowest BCUT2D eigenvalue weighted by atomic mass is 10.0. The van der Waals surface area contributed by atoms with E-state index in [1.54, 1.807) is 0 Å². The highest BCUT2D eigenvalue weighted by molar-refractivity contribution is 5.71. The smallest absolute Gasteiger partial charge is 0.320 e. The Kier molecular flexibility index (Phi) is 4.20. The van der Waals surface area contributed by atoms with E-state index in [4.69, 9.17) is 9.47 Å². The third kappa shape index (κ3) is 3.01. The Labute approximate surface area is 107 Å². The molecule has 0 bridgehead atoms. The number of carbonyl (C=O) groups excluding carboxylic acids is 1. The summed E-state index contributed by atoms with van der Waals surface area (Å²) >= 11 is 0. The van der Waals surface area contributed by atoms with E-state index in [2.05, 4.69) is 6.07 Å². The number of ether oxygens (including phenoxy) is 2. The van der Waals surface area contributed by atoms with Crippen molar-refractivity contribution in [2.24, 2.45) is 0 Å². The number of rotatable bonds is 5. The molecule has 0 saturated carbocycles. The number of nitrogens with zero attached hydrogens (tertiary/aromatic N) is 1. The van der Waals surface area contributed by atoms with Gasteiger partial charge < -0.3 is 9.47 Å². The normalized spacial score (nSPS) is 17.4. The molecule has 0 radical (unpaired) electrons. The van der Waals surface area contributed by atoms with Gasteiger partial charge in [-0.05, 0) is 20.0 Å². The molecule has 1 aliphatic rings. The van der Waals surface area contributed by atoms with E-state index in [9.17, 15) is 4.79 Å².